The summed E-state index contributed by atoms with van der Waals surface area (Å²) in [5.74, 6) is -0.252. The fourth-order valence-corrected chi connectivity index (χ4v) is 2.77. The third kappa shape index (κ3) is 7.38. The second-order valence-corrected chi connectivity index (χ2v) is 6.54. The van der Waals surface area contributed by atoms with Crippen LogP contribution < -0.4 is 21.1 Å². The number of aryl methyl sites for hydroxylation is 1. The van der Waals surface area contributed by atoms with Crippen molar-refractivity contribution in [1.82, 2.24) is 5.32 Å². The Morgan fingerprint density at radius 3 is 2.55 bits per heavy atom. The normalized spacial score (nSPS) is 12.5. The molecular weight excluding hydrogens is 370 g/mol. The molecule has 0 aromatic heterocycles. The Morgan fingerprint density at radius 1 is 1.10 bits per heavy atom. The van der Waals surface area contributed by atoms with Crippen molar-refractivity contribution in [2.75, 3.05) is 11.9 Å². The number of carbonyl (C=O) groups excluding carboxylic acids is 3. The van der Waals surface area contributed by atoms with Gasteiger partial charge in [0.25, 0.3) is 0 Å². The molecule has 2 rings (SSSR count). The Kier molecular flexibility index (Phi) is 8.85. The van der Waals surface area contributed by atoms with Crippen LogP contribution in [-0.2, 0) is 20.8 Å². The molecule has 2 unspecified atom stereocenters. The first-order valence-corrected chi connectivity index (χ1v) is 9.60. The number of rotatable bonds is 11. The monoisotopic (exact) mass is 397 g/mol. The Balaban J connectivity index is 2.09. The van der Waals surface area contributed by atoms with Crippen LogP contribution in [0.25, 0.3) is 0 Å². The molecule has 0 radical (unpaired) electrons. The van der Waals surface area contributed by atoms with Crippen LogP contribution in [0.4, 0.5) is 5.69 Å². The number of benzene rings is 2. The number of carbonyl (C=O) groups is 3. The van der Waals surface area contributed by atoms with Crippen LogP contribution in [0.1, 0.15) is 25.3 Å². The first kappa shape index (κ1) is 22.1. The maximum absolute atomic E-state index is 12.8. The maximum atomic E-state index is 12.8. The average Bonchev–Trinajstić information content (AvgIpc) is 2.72. The molecule has 4 N–H and O–H groups in total. The van der Waals surface area contributed by atoms with Crippen molar-refractivity contribution in [2.24, 2.45) is 5.73 Å². The van der Waals surface area contributed by atoms with Crippen molar-refractivity contribution >= 4 is 23.8 Å². The summed E-state index contributed by atoms with van der Waals surface area (Å²) < 4.78 is 5.45. The summed E-state index contributed by atoms with van der Waals surface area (Å²) in [4.78, 5) is 35.7. The van der Waals surface area contributed by atoms with E-state index in [1.165, 1.54) is 0 Å². The third-order valence-electron chi connectivity index (χ3n) is 4.30. The number of nitrogens with one attached hydrogen (secondary N) is 2. The molecule has 0 heterocycles. The molecule has 0 aliphatic heterocycles. The highest BCUT2D eigenvalue weighted by molar-refractivity contribution is 5.98. The lowest BCUT2D eigenvalue weighted by atomic mass is 10.0. The van der Waals surface area contributed by atoms with Gasteiger partial charge < -0.3 is 25.9 Å². The van der Waals surface area contributed by atoms with Crippen molar-refractivity contribution in [3.05, 3.63) is 60.2 Å². The Labute approximate surface area is 170 Å². The molecule has 2 aromatic rings. The number of aldehydes is 1. The van der Waals surface area contributed by atoms with E-state index in [0.29, 0.717) is 37.2 Å². The lowest BCUT2D eigenvalue weighted by molar-refractivity contribution is -0.128. The van der Waals surface area contributed by atoms with Gasteiger partial charge in [-0.25, -0.2) is 0 Å². The van der Waals surface area contributed by atoms with Crippen molar-refractivity contribution in [3.8, 4) is 5.75 Å². The topological polar surface area (TPSA) is 111 Å². The molecule has 29 heavy (non-hydrogen) atoms. The van der Waals surface area contributed by atoms with Crippen LogP contribution in [0.5, 0.6) is 5.75 Å². The molecular formula is C22H27N3O4. The molecule has 0 bridgehead atoms. The summed E-state index contributed by atoms with van der Waals surface area (Å²) in [6.07, 6.45) is 1.47. The van der Waals surface area contributed by atoms with Crippen LogP contribution in [0.15, 0.2) is 54.6 Å². The highest BCUT2D eigenvalue weighted by Gasteiger charge is 2.23. The SMILES string of the molecule is CCOc1cccc(NC(=O)C(CCc2ccccc2)NC(=O)C(N)CC=O)c1. The fraction of sp³-hybridized carbons (Fsp3) is 0.318. The zero-order valence-electron chi connectivity index (χ0n) is 16.5. The van der Waals surface area contributed by atoms with Gasteiger partial charge in [0, 0.05) is 18.2 Å². The largest absolute Gasteiger partial charge is 0.494 e. The molecule has 7 heteroatoms. The summed E-state index contributed by atoms with van der Waals surface area (Å²) in [7, 11) is 0. The van der Waals surface area contributed by atoms with Crippen LogP contribution >= 0.6 is 0 Å². The zero-order valence-corrected chi connectivity index (χ0v) is 16.5. The van der Waals surface area contributed by atoms with E-state index in [-0.39, 0.29) is 12.3 Å². The van der Waals surface area contributed by atoms with Crippen LogP contribution in [0.2, 0.25) is 0 Å². The summed E-state index contributed by atoms with van der Waals surface area (Å²) in [6.45, 7) is 2.39. The van der Waals surface area contributed by atoms with Crippen molar-refractivity contribution in [2.45, 2.75) is 38.3 Å². The van der Waals surface area contributed by atoms with Crippen LogP contribution in [0, 0.1) is 0 Å². The number of ether oxygens (including phenoxy) is 1. The number of amides is 2. The molecule has 0 fully saturated rings. The average molecular weight is 397 g/mol. The van der Waals surface area contributed by atoms with E-state index in [9.17, 15) is 14.4 Å². The molecule has 0 aliphatic carbocycles. The van der Waals surface area contributed by atoms with E-state index in [0.717, 1.165) is 5.56 Å². The van der Waals surface area contributed by atoms with Gasteiger partial charge in [-0.15, -0.1) is 0 Å². The standard InChI is InChI=1S/C22H27N3O4/c1-2-29-18-10-6-9-17(15-18)24-22(28)20(25-21(27)19(23)13-14-26)12-11-16-7-4-3-5-8-16/h3-10,14-15,19-20H,2,11-13,23H2,1H3,(H,24,28)(H,25,27). The minimum absolute atomic E-state index is 0.102. The molecule has 154 valence electrons. The Bertz CT molecular complexity index is 811. The Morgan fingerprint density at radius 2 is 1.86 bits per heavy atom. The third-order valence-corrected chi connectivity index (χ3v) is 4.30. The van der Waals surface area contributed by atoms with Crippen molar-refractivity contribution < 1.29 is 19.1 Å². The summed E-state index contributed by atoms with van der Waals surface area (Å²) in [5, 5.41) is 5.47. The van der Waals surface area contributed by atoms with Gasteiger partial charge >= 0.3 is 0 Å². The van der Waals surface area contributed by atoms with Crippen molar-refractivity contribution in [1.29, 1.82) is 0 Å². The predicted octanol–water partition coefficient (Wildman–Crippen LogP) is 2.06. The van der Waals surface area contributed by atoms with Gasteiger partial charge in [0.1, 0.15) is 18.1 Å². The van der Waals surface area contributed by atoms with Gasteiger partial charge in [-0.1, -0.05) is 36.4 Å². The second-order valence-electron chi connectivity index (χ2n) is 6.54. The van der Waals surface area contributed by atoms with Gasteiger partial charge in [0.2, 0.25) is 11.8 Å². The number of hydrogen-bond donors (Lipinski definition) is 3. The van der Waals surface area contributed by atoms with Gasteiger partial charge in [-0.05, 0) is 37.5 Å². The maximum Gasteiger partial charge on any atom is 0.246 e. The minimum Gasteiger partial charge on any atom is -0.494 e. The van der Waals surface area contributed by atoms with E-state index in [1.807, 2.05) is 37.3 Å². The summed E-state index contributed by atoms with van der Waals surface area (Å²) >= 11 is 0. The molecule has 2 aromatic carbocycles. The molecule has 7 nitrogen and oxygen atoms in total. The smallest absolute Gasteiger partial charge is 0.246 e. The zero-order chi connectivity index (χ0) is 21.1. The molecule has 0 saturated heterocycles. The van der Waals surface area contributed by atoms with Crippen LogP contribution in [-0.4, -0.2) is 36.8 Å². The molecule has 0 spiro atoms. The van der Waals surface area contributed by atoms with E-state index in [2.05, 4.69) is 10.6 Å². The first-order valence-electron chi connectivity index (χ1n) is 9.60. The number of anilines is 1. The second kappa shape index (κ2) is 11.6. The van der Waals surface area contributed by atoms with Gasteiger partial charge in [0.15, 0.2) is 0 Å². The van der Waals surface area contributed by atoms with E-state index in [4.69, 9.17) is 10.5 Å². The molecule has 2 atom stereocenters. The van der Waals surface area contributed by atoms with Gasteiger partial charge in [-0.2, -0.15) is 0 Å². The number of nitrogens with two attached hydrogens (primary N) is 1. The van der Waals surface area contributed by atoms with E-state index < -0.39 is 18.0 Å². The molecule has 0 aliphatic rings. The Hall–Kier alpha value is -3.19. The van der Waals surface area contributed by atoms with Crippen LogP contribution in [0.3, 0.4) is 0 Å². The lowest BCUT2D eigenvalue weighted by Crippen LogP contribution is -2.50. The summed E-state index contributed by atoms with van der Waals surface area (Å²) in [5.41, 5.74) is 7.32. The van der Waals surface area contributed by atoms with E-state index >= 15 is 0 Å². The lowest BCUT2D eigenvalue weighted by Gasteiger charge is -2.20. The highest BCUT2D eigenvalue weighted by atomic mass is 16.5. The predicted molar refractivity (Wildman–Crippen MR) is 112 cm³/mol. The minimum atomic E-state index is -0.985. The summed E-state index contributed by atoms with van der Waals surface area (Å²) in [6, 6.07) is 14.9. The fourth-order valence-electron chi connectivity index (χ4n) is 2.77. The first-order chi connectivity index (χ1) is 14.0. The quantitative estimate of drug-likeness (QED) is 0.503. The number of hydrogen-bond acceptors (Lipinski definition) is 5. The molecule has 2 amide bonds. The van der Waals surface area contributed by atoms with Gasteiger partial charge in [0.05, 0.1) is 12.6 Å². The van der Waals surface area contributed by atoms with Gasteiger partial charge in [-0.3, -0.25) is 9.59 Å². The molecule has 0 saturated carbocycles. The van der Waals surface area contributed by atoms with E-state index in [1.54, 1.807) is 24.3 Å². The van der Waals surface area contributed by atoms with Crippen molar-refractivity contribution in [3.63, 3.8) is 0 Å². The highest BCUT2D eigenvalue weighted by Crippen LogP contribution is 2.18.